The summed E-state index contributed by atoms with van der Waals surface area (Å²) in [7, 11) is 2.82. The van der Waals surface area contributed by atoms with Gasteiger partial charge >= 0.3 is 5.97 Å². The molecule has 0 fully saturated rings. The second kappa shape index (κ2) is 8.05. The number of esters is 1. The Morgan fingerprint density at radius 3 is 2.65 bits per heavy atom. The van der Waals surface area contributed by atoms with Crippen LogP contribution in [0.4, 0.5) is 0 Å². The molecule has 0 saturated heterocycles. The van der Waals surface area contributed by atoms with Crippen LogP contribution in [0.1, 0.15) is 31.7 Å². The molecule has 0 aliphatic rings. The third-order valence-electron chi connectivity index (χ3n) is 2.85. The van der Waals surface area contributed by atoms with Crippen LogP contribution in [0.15, 0.2) is 18.2 Å². The molecule has 20 heavy (non-hydrogen) atoms. The summed E-state index contributed by atoms with van der Waals surface area (Å²) in [5, 5.41) is 8.85. The minimum absolute atomic E-state index is 0.412. The first-order valence-electron chi connectivity index (χ1n) is 6.48. The standard InChI is InChI=1S/C15H19NO4/c1-4-5-6-13(15(17)19-3)20-12-8-7-11(10-16)9-14(12)18-2/h7-9,13H,4-6H2,1-3H3. The maximum atomic E-state index is 11.7. The van der Waals surface area contributed by atoms with Gasteiger partial charge in [-0.05, 0) is 25.0 Å². The average Bonchev–Trinajstić information content (AvgIpc) is 2.50. The van der Waals surface area contributed by atoms with Gasteiger partial charge in [-0.2, -0.15) is 5.26 Å². The molecule has 5 heteroatoms. The fourth-order valence-corrected chi connectivity index (χ4v) is 1.73. The van der Waals surface area contributed by atoms with Crippen LogP contribution < -0.4 is 9.47 Å². The second-order valence-electron chi connectivity index (χ2n) is 4.25. The second-order valence-corrected chi connectivity index (χ2v) is 4.25. The number of ether oxygens (including phenoxy) is 3. The molecule has 1 aromatic rings. The van der Waals surface area contributed by atoms with Crippen molar-refractivity contribution in [1.82, 2.24) is 0 Å². The minimum Gasteiger partial charge on any atom is -0.493 e. The monoisotopic (exact) mass is 277 g/mol. The number of carbonyl (C=O) groups excluding carboxylic acids is 1. The van der Waals surface area contributed by atoms with Gasteiger partial charge in [-0.1, -0.05) is 13.3 Å². The smallest absolute Gasteiger partial charge is 0.347 e. The van der Waals surface area contributed by atoms with E-state index >= 15 is 0 Å². The zero-order valence-electron chi connectivity index (χ0n) is 12.0. The molecule has 1 unspecified atom stereocenters. The van der Waals surface area contributed by atoms with Crippen molar-refractivity contribution in [3.63, 3.8) is 0 Å². The molecule has 0 amide bonds. The van der Waals surface area contributed by atoms with E-state index < -0.39 is 12.1 Å². The number of nitrogens with zero attached hydrogens (tertiary/aromatic N) is 1. The van der Waals surface area contributed by atoms with Gasteiger partial charge in [-0.3, -0.25) is 0 Å². The Kier molecular flexibility index (Phi) is 6.38. The Labute approximate surface area is 119 Å². The Balaban J connectivity index is 2.92. The number of unbranched alkanes of at least 4 members (excludes halogenated alkanes) is 1. The molecule has 108 valence electrons. The van der Waals surface area contributed by atoms with Crippen LogP contribution >= 0.6 is 0 Å². The van der Waals surface area contributed by atoms with Crippen molar-refractivity contribution < 1.29 is 19.0 Å². The lowest BCUT2D eigenvalue weighted by atomic mass is 10.1. The van der Waals surface area contributed by atoms with E-state index in [2.05, 4.69) is 0 Å². The maximum Gasteiger partial charge on any atom is 0.347 e. The lowest BCUT2D eigenvalue weighted by Crippen LogP contribution is -2.28. The molecule has 1 aromatic carbocycles. The van der Waals surface area contributed by atoms with E-state index in [1.807, 2.05) is 13.0 Å². The number of nitriles is 1. The van der Waals surface area contributed by atoms with E-state index in [0.717, 1.165) is 12.8 Å². The van der Waals surface area contributed by atoms with Gasteiger partial charge in [-0.15, -0.1) is 0 Å². The number of hydrogen-bond acceptors (Lipinski definition) is 5. The molecule has 0 aliphatic heterocycles. The number of methoxy groups -OCH3 is 2. The van der Waals surface area contributed by atoms with Crippen LogP contribution in [-0.2, 0) is 9.53 Å². The fraction of sp³-hybridized carbons (Fsp3) is 0.467. The zero-order chi connectivity index (χ0) is 15.0. The van der Waals surface area contributed by atoms with E-state index in [0.29, 0.717) is 23.5 Å². The van der Waals surface area contributed by atoms with Crippen LogP contribution in [-0.4, -0.2) is 26.3 Å². The van der Waals surface area contributed by atoms with E-state index in [4.69, 9.17) is 19.5 Å². The fourth-order valence-electron chi connectivity index (χ4n) is 1.73. The highest BCUT2D eigenvalue weighted by Crippen LogP contribution is 2.29. The Bertz CT molecular complexity index is 493. The van der Waals surface area contributed by atoms with Crippen molar-refractivity contribution in [2.24, 2.45) is 0 Å². The summed E-state index contributed by atoms with van der Waals surface area (Å²) in [6, 6.07) is 6.84. The number of hydrogen-bond donors (Lipinski definition) is 0. The highest BCUT2D eigenvalue weighted by Gasteiger charge is 2.22. The lowest BCUT2D eigenvalue weighted by Gasteiger charge is -2.18. The maximum absolute atomic E-state index is 11.7. The number of rotatable bonds is 7. The van der Waals surface area contributed by atoms with Crippen LogP contribution in [0, 0.1) is 11.3 Å². The van der Waals surface area contributed by atoms with Crippen molar-refractivity contribution in [3.05, 3.63) is 23.8 Å². The molecule has 0 spiro atoms. The van der Waals surface area contributed by atoms with Crippen LogP contribution in [0.25, 0.3) is 0 Å². The first-order valence-corrected chi connectivity index (χ1v) is 6.48. The van der Waals surface area contributed by atoms with Gasteiger partial charge in [0.05, 0.1) is 25.9 Å². The minimum atomic E-state index is -0.665. The first kappa shape index (κ1) is 15.8. The Hall–Kier alpha value is -2.22. The van der Waals surface area contributed by atoms with Crippen molar-refractivity contribution in [2.45, 2.75) is 32.3 Å². The van der Waals surface area contributed by atoms with Gasteiger partial charge in [0.1, 0.15) is 0 Å². The van der Waals surface area contributed by atoms with Crippen LogP contribution in [0.3, 0.4) is 0 Å². The van der Waals surface area contributed by atoms with Gasteiger partial charge in [0.25, 0.3) is 0 Å². The summed E-state index contributed by atoms with van der Waals surface area (Å²) in [5.74, 6) is 0.442. The highest BCUT2D eigenvalue weighted by atomic mass is 16.6. The number of carbonyl (C=O) groups is 1. The van der Waals surface area contributed by atoms with Crippen LogP contribution in [0.2, 0.25) is 0 Å². The van der Waals surface area contributed by atoms with Crippen molar-refractivity contribution in [3.8, 4) is 17.6 Å². The molecule has 0 bridgehead atoms. The topological polar surface area (TPSA) is 68.5 Å². The molecule has 1 rings (SSSR count). The lowest BCUT2D eigenvalue weighted by molar-refractivity contribution is -0.149. The third-order valence-corrected chi connectivity index (χ3v) is 2.85. The van der Waals surface area contributed by atoms with E-state index in [9.17, 15) is 4.79 Å². The van der Waals surface area contributed by atoms with Crippen molar-refractivity contribution in [1.29, 1.82) is 5.26 Å². The summed E-state index contributed by atoms with van der Waals surface area (Å²) in [4.78, 5) is 11.7. The first-order chi connectivity index (χ1) is 9.65. The molecule has 0 aromatic heterocycles. The molecule has 0 heterocycles. The Morgan fingerprint density at radius 1 is 1.35 bits per heavy atom. The molecule has 0 saturated carbocycles. The van der Waals surface area contributed by atoms with E-state index in [-0.39, 0.29) is 0 Å². The summed E-state index contributed by atoms with van der Waals surface area (Å²) in [5.41, 5.74) is 0.470. The summed E-state index contributed by atoms with van der Waals surface area (Å²) in [6.07, 6.45) is 1.73. The largest absolute Gasteiger partial charge is 0.493 e. The van der Waals surface area contributed by atoms with Gasteiger partial charge in [-0.25, -0.2) is 4.79 Å². The number of benzene rings is 1. The summed E-state index contributed by atoms with van der Waals surface area (Å²) >= 11 is 0. The quantitative estimate of drug-likeness (QED) is 0.717. The normalized spacial score (nSPS) is 11.3. The third kappa shape index (κ3) is 4.16. The predicted octanol–water partition coefficient (Wildman–Crippen LogP) is 2.68. The molecule has 5 nitrogen and oxygen atoms in total. The predicted molar refractivity (Wildman–Crippen MR) is 73.7 cm³/mol. The summed E-state index contributed by atoms with van der Waals surface area (Å²) < 4.78 is 15.6. The van der Waals surface area contributed by atoms with Crippen molar-refractivity contribution >= 4 is 5.97 Å². The molecule has 1 atom stereocenters. The molecular weight excluding hydrogens is 258 g/mol. The van der Waals surface area contributed by atoms with Crippen molar-refractivity contribution in [2.75, 3.05) is 14.2 Å². The SMILES string of the molecule is CCCCC(Oc1ccc(C#N)cc1OC)C(=O)OC. The Morgan fingerprint density at radius 2 is 2.10 bits per heavy atom. The van der Waals surface area contributed by atoms with Crippen LogP contribution in [0.5, 0.6) is 11.5 Å². The average molecular weight is 277 g/mol. The molecule has 0 aliphatic carbocycles. The van der Waals surface area contributed by atoms with Gasteiger partial charge in [0.2, 0.25) is 0 Å². The van der Waals surface area contributed by atoms with Gasteiger partial charge in [0.15, 0.2) is 17.6 Å². The molecular formula is C15H19NO4. The van der Waals surface area contributed by atoms with E-state index in [1.54, 1.807) is 18.2 Å². The highest BCUT2D eigenvalue weighted by molar-refractivity contribution is 5.75. The zero-order valence-corrected chi connectivity index (χ0v) is 12.0. The van der Waals surface area contributed by atoms with Gasteiger partial charge in [0, 0.05) is 6.07 Å². The molecule has 0 N–H and O–H groups in total. The van der Waals surface area contributed by atoms with E-state index in [1.165, 1.54) is 14.2 Å². The summed E-state index contributed by atoms with van der Waals surface area (Å²) in [6.45, 7) is 2.04. The molecule has 0 radical (unpaired) electrons. The van der Waals surface area contributed by atoms with Gasteiger partial charge < -0.3 is 14.2 Å².